The normalized spacial score (nSPS) is 25.3. The molecule has 1 aliphatic rings. The zero-order valence-corrected chi connectivity index (χ0v) is 12.3. The summed E-state index contributed by atoms with van der Waals surface area (Å²) in [6.07, 6.45) is 7.18. The summed E-state index contributed by atoms with van der Waals surface area (Å²) < 4.78 is 0. The van der Waals surface area contributed by atoms with Crippen LogP contribution < -0.4 is 5.32 Å². The van der Waals surface area contributed by atoms with Crippen LogP contribution in [0.1, 0.15) is 44.6 Å². The summed E-state index contributed by atoms with van der Waals surface area (Å²) in [7, 11) is 0. The van der Waals surface area contributed by atoms with E-state index in [0.717, 1.165) is 18.4 Å². The van der Waals surface area contributed by atoms with Crippen molar-refractivity contribution in [3.8, 4) is 0 Å². The molecule has 1 amide bonds. The van der Waals surface area contributed by atoms with E-state index in [2.05, 4.69) is 10.3 Å². The number of aromatic nitrogens is 1. The molecule has 0 aromatic carbocycles. The number of aliphatic carboxylic acids is 1. The molecule has 5 heteroatoms. The molecule has 2 rings (SSSR count). The largest absolute Gasteiger partial charge is 0.480 e. The van der Waals surface area contributed by atoms with Crippen LogP contribution in [0.25, 0.3) is 0 Å². The minimum absolute atomic E-state index is 0.199. The van der Waals surface area contributed by atoms with Crippen LogP contribution in [0.4, 0.5) is 0 Å². The number of carboxylic acids is 1. The average molecular weight is 290 g/mol. The van der Waals surface area contributed by atoms with Crippen LogP contribution in [0.2, 0.25) is 0 Å². The first-order valence-corrected chi connectivity index (χ1v) is 7.45. The number of pyridine rings is 1. The Morgan fingerprint density at radius 3 is 2.95 bits per heavy atom. The van der Waals surface area contributed by atoms with E-state index in [-0.39, 0.29) is 12.3 Å². The van der Waals surface area contributed by atoms with Gasteiger partial charge in [-0.15, -0.1) is 0 Å². The first-order chi connectivity index (χ1) is 10.0. The zero-order chi connectivity index (χ0) is 15.3. The monoisotopic (exact) mass is 290 g/mol. The first kappa shape index (κ1) is 15.5. The van der Waals surface area contributed by atoms with Crippen LogP contribution >= 0.6 is 0 Å². The van der Waals surface area contributed by atoms with Crippen molar-refractivity contribution in [3.63, 3.8) is 0 Å². The Morgan fingerprint density at radius 2 is 2.33 bits per heavy atom. The maximum atomic E-state index is 12.1. The Morgan fingerprint density at radius 1 is 1.52 bits per heavy atom. The van der Waals surface area contributed by atoms with Crippen LogP contribution in [0.5, 0.6) is 0 Å². The molecule has 1 aliphatic carbocycles. The lowest BCUT2D eigenvalue weighted by Crippen LogP contribution is -2.56. The van der Waals surface area contributed by atoms with Crippen LogP contribution in [-0.4, -0.2) is 27.5 Å². The number of carbonyl (C=O) groups excluding carboxylic acids is 1. The molecule has 0 spiro atoms. The fourth-order valence-electron chi connectivity index (χ4n) is 3.05. The Kier molecular flexibility index (Phi) is 4.94. The summed E-state index contributed by atoms with van der Waals surface area (Å²) in [5.41, 5.74) is -0.0991. The molecule has 1 fully saturated rings. The number of carboxylic acid groups (broad SMARTS) is 1. The van der Waals surface area contributed by atoms with Gasteiger partial charge < -0.3 is 10.4 Å². The lowest BCUT2D eigenvalue weighted by Gasteiger charge is -2.37. The Labute approximate surface area is 124 Å². The summed E-state index contributed by atoms with van der Waals surface area (Å²) in [6.45, 7) is 2.04. The van der Waals surface area contributed by atoms with Gasteiger partial charge in [0, 0.05) is 18.8 Å². The fraction of sp³-hybridized carbons (Fsp3) is 0.562. The molecule has 0 saturated heterocycles. The van der Waals surface area contributed by atoms with Gasteiger partial charge in [0.1, 0.15) is 5.54 Å². The van der Waals surface area contributed by atoms with Crippen molar-refractivity contribution >= 4 is 11.9 Å². The van der Waals surface area contributed by atoms with Gasteiger partial charge in [0.15, 0.2) is 0 Å². The highest BCUT2D eigenvalue weighted by molar-refractivity contribution is 5.87. The highest BCUT2D eigenvalue weighted by Gasteiger charge is 2.42. The van der Waals surface area contributed by atoms with E-state index in [1.54, 1.807) is 12.4 Å². The summed E-state index contributed by atoms with van der Waals surface area (Å²) in [6, 6.07) is 3.74. The summed E-state index contributed by atoms with van der Waals surface area (Å²) in [5, 5.41) is 12.3. The van der Waals surface area contributed by atoms with Gasteiger partial charge in [-0.3, -0.25) is 9.78 Å². The van der Waals surface area contributed by atoms with E-state index in [1.807, 2.05) is 19.1 Å². The van der Waals surface area contributed by atoms with Crippen molar-refractivity contribution in [3.05, 3.63) is 30.1 Å². The van der Waals surface area contributed by atoms with E-state index in [0.29, 0.717) is 25.2 Å². The van der Waals surface area contributed by atoms with Gasteiger partial charge in [0.25, 0.3) is 0 Å². The third-order valence-electron chi connectivity index (χ3n) is 4.15. The lowest BCUT2D eigenvalue weighted by molar-refractivity contribution is -0.150. The van der Waals surface area contributed by atoms with Gasteiger partial charge in [-0.25, -0.2) is 4.79 Å². The average Bonchev–Trinajstić information content (AvgIpc) is 2.46. The van der Waals surface area contributed by atoms with Crippen molar-refractivity contribution in [2.45, 2.75) is 51.0 Å². The predicted octanol–water partition coefficient (Wildman–Crippen LogP) is 2.16. The third-order valence-corrected chi connectivity index (χ3v) is 4.15. The van der Waals surface area contributed by atoms with E-state index >= 15 is 0 Å². The number of amides is 1. The standard InChI is InChI=1S/C16H22N2O3/c1-12-4-2-8-16(10-12,15(20)21)18-14(19)7-6-13-5-3-9-17-11-13/h3,5,9,11-12H,2,4,6-8,10H2,1H3,(H,18,19)(H,20,21). The van der Waals surface area contributed by atoms with Crippen LogP contribution in [-0.2, 0) is 16.0 Å². The van der Waals surface area contributed by atoms with Gasteiger partial charge in [-0.05, 0) is 36.8 Å². The second kappa shape index (κ2) is 6.70. The van der Waals surface area contributed by atoms with Gasteiger partial charge in [0.2, 0.25) is 5.91 Å². The Hall–Kier alpha value is -1.91. The number of carbonyl (C=O) groups is 2. The molecular weight excluding hydrogens is 268 g/mol. The maximum Gasteiger partial charge on any atom is 0.329 e. The summed E-state index contributed by atoms with van der Waals surface area (Å²) in [5.74, 6) is -0.785. The minimum Gasteiger partial charge on any atom is -0.480 e. The van der Waals surface area contributed by atoms with Crippen molar-refractivity contribution in [1.29, 1.82) is 0 Å². The van der Waals surface area contributed by atoms with E-state index < -0.39 is 11.5 Å². The summed E-state index contributed by atoms with van der Waals surface area (Å²) in [4.78, 5) is 27.7. The van der Waals surface area contributed by atoms with Crippen molar-refractivity contribution < 1.29 is 14.7 Å². The molecular formula is C16H22N2O3. The molecule has 1 aromatic heterocycles. The lowest BCUT2D eigenvalue weighted by atomic mass is 9.76. The molecule has 2 unspecified atom stereocenters. The van der Waals surface area contributed by atoms with Crippen molar-refractivity contribution in [2.75, 3.05) is 0 Å². The third kappa shape index (κ3) is 4.03. The van der Waals surface area contributed by atoms with Gasteiger partial charge in [-0.1, -0.05) is 25.8 Å². The quantitative estimate of drug-likeness (QED) is 0.871. The zero-order valence-electron chi connectivity index (χ0n) is 12.3. The fourth-order valence-corrected chi connectivity index (χ4v) is 3.05. The van der Waals surface area contributed by atoms with Crippen LogP contribution in [0.15, 0.2) is 24.5 Å². The molecule has 2 atom stereocenters. The summed E-state index contributed by atoms with van der Waals surface area (Å²) >= 11 is 0. The number of nitrogens with zero attached hydrogens (tertiary/aromatic N) is 1. The predicted molar refractivity (Wildman–Crippen MR) is 78.7 cm³/mol. The first-order valence-electron chi connectivity index (χ1n) is 7.45. The molecule has 1 saturated carbocycles. The molecule has 0 bridgehead atoms. The van der Waals surface area contributed by atoms with Gasteiger partial charge >= 0.3 is 5.97 Å². The highest BCUT2D eigenvalue weighted by Crippen LogP contribution is 2.32. The topological polar surface area (TPSA) is 79.3 Å². The molecule has 0 aliphatic heterocycles. The van der Waals surface area contributed by atoms with Crippen molar-refractivity contribution in [1.82, 2.24) is 10.3 Å². The van der Waals surface area contributed by atoms with E-state index in [4.69, 9.17) is 0 Å². The number of hydrogen-bond donors (Lipinski definition) is 2. The SMILES string of the molecule is CC1CCCC(NC(=O)CCc2cccnc2)(C(=O)O)C1. The van der Waals surface area contributed by atoms with Gasteiger partial charge in [0.05, 0.1) is 0 Å². The number of hydrogen-bond acceptors (Lipinski definition) is 3. The Balaban J connectivity index is 1.94. The smallest absolute Gasteiger partial charge is 0.329 e. The number of nitrogens with one attached hydrogen (secondary N) is 1. The second-order valence-corrected chi connectivity index (χ2v) is 6.00. The van der Waals surface area contributed by atoms with Crippen LogP contribution in [0, 0.1) is 5.92 Å². The molecule has 114 valence electrons. The maximum absolute atomic E-state index is 12.1. The molecule has 2 N–H and O–H groups in total. The molecule has 1 heterocycles. The Bertz CT molecular complexity index is 504. The number of aryl methyl sites for hydroxylation is 1. The molecule has 5 nitrogen and oxygen atoms in total. The molecule has 1 aromatic rings. The molecule has 21 heavy (non-hydrogen) atoms. The van der Waals surface area contributed by atoms with Gasteiger partial charge in [-0.2, -0.15) is 0 Å². The van der Waals surface area contributed by atoms with Crippen LogP contribution in [0.3, 0.4) is 0 Å². The van der Waals surface area contributed by atoms with E-state index in [9.17, 15) is 14.7 Å². The van der Waals surface area contributed by atoms with E-state index in [1.165, 1.54) is 0 Å². The second-order valence-electron chi connectivity index (χ2n) is 6.00. The highest BCUT2D eigenvalue weighted by atomic mass is 16.4. The minimum atomic E-state index is -1.08. The van der Waals surface area contributed by atoms with Crippen molar-refractivity contribution in [2.24, 2.45) is 5.92 Å². The molecule has 0 radical (unpaired) electrons. The number of rotatable bonds is 5.